The minimum atomic E-state index is -0.365. The van der Waals surface area contributed by atoms with Gasteiger partial charge in [0.15, 0.2) is 0 Å². The molecule has 0 saturated heterocycles. The van der Waals surface area contributed by atoms with E-state index in [1.165, 1.54) is 6.07 Å². The molecule has 0 fully saturated rings. The molecule has 0 amide bonds. The van der Waals surface area contributed by atoms with Crippen LogP contribution in [0.4, 0.5) is 4.39 Å². The van der Waals surface area contributed by atoms with Crippen LogP contribution in [0.1, 0.15) is 38.8 Å². The fraction of sp³-hybridized carbons (Fsp3) is 0.500. The van der Waals surface area contributed by atoms with Crippen molar-refractivity contribution in [3.63, 3.8) is 0 Å². The lowest BCUT2D eigenvalue weighted by Crippen LogP contribution is -2.28. The number of halogens is 2. The van der Waals surface area contributed by atoms with Crippen molar-refractivity contribution in [1.29, 1.82) is 0 Å². The average molecular weight is 230 g/mol. The van der Waals surface area contributed by atoms with Gasteiger partial charge in [0.05, 0.1) is 5.02 Å². The first kappa shape index (κ1) is 12.5. The van der Waals surface area contributed by atoms with Gasteiger partial charge in [0.25, 0.3) is 0 Å². The summed E-state index contributed by atoms with van der Waals surface area (Å²) in [5.74, 6) is -0.365. The Bertz CT molecular complexity index is 327. The Morgan fingerprint density at radius 2 is 2.07 bits per heavy atom. The van der Waals surface area contributed by atoms with E-state index >= 15 is 0 Å². The van der Waals surface area contributed by atoms with E-state index in [1.54, 1.807) is 12.1 Å². The first-order valence-corrected chi connectivity index (χ1v) is 5.63. The van der Waals surface area contributed by atoms with Crippen molar-refractivity contribution in [2.75, 3.05) is 0 Å². The standard InChI is InChI=1S/C12H17ClFN/c1-4-8(2)15-9(3)10-5-6-12(14)11(13)7-10/h5-9,15H,4H2,1-3H3/t8?,9-/m1/s1. The van der Waals surface area contributed by atoms with E-state index in [-0.39, 0.29) is 16.9 Å². The number of nitrogens with one attached hydrogen (secondary N) is 1. The van der Waals surface area contributed by atoms with Gasteiger partial charge in [-0.2, -0.15) is 0 Å². The molecule has 0 bridgehead atoms. The van der Waals surface area contributed by atoms with Crippen LogP contribution in [0.15, 0.2) is 18.2 Å². The fourth-order valence-electron chi connectivity index (χ4n) is 1.42. The summed E-state index contributed by atoms with van der Waals surface area (Å²) in [6.07, 6.45) is 1.07. The van der Waals surface area contributed by atoms with Crippen molar-refractivity contribution in [3.05, 3.63) is 34.6 Å². The van der Waals surface area contributed by atoms with Crippen LogP contribution in [0.5, 0.6) is 0 Å². The SMILES string of the molecule is CCC(C)N[C@H](C)c1ccc(F)c(Cl)c1. The summed E-state index contributed by atoms with van der Waals surface area (Å²) in [6.45, 7) is 6.30. The molecule has 0 aliphatic carbocycles. The maximum atomic E-state index is 12.9. The smallest absolute Gasteiger partial charge is 0.141 e. The second kappa shape index (κ2) is 5.47. The topological polar surface area (TPSA) is 12.0 Å². The van der Waals surface area contributed by atoms with Gasteiger partial charge in [0, 0.05) is 12.1 Å². The van der Waals surface area contributed by atoms with E-state index in [9.17, 15) is 4.39 Å². The summed E-state index contributed by atoms with van der Waals surface area (Å²) in [4.78, 5) is 0. The minimum absolute atomic E-state index is 0.185. The molecule has 1 nitrogen and oxygen atoms in total. The highest BCUT2D eigenvalue weighted by atomic mass is 35.5. The number of benzene rings is 1. The summed E-state index contributed by atoms with van der Waals surface area (Å²) in [5.41, 5.74) is 1.02. The third-order valence-corrected chi connectivity index (χ3v) is 2.88. The van der Waals surface area contributed by atoms with Crippen molar-refractivity contribution in [1.82, 2.24) is 5.32 Å². The predicted molar refractivity (Wildman–Crippen MR) is 62.7 cm³/mol. The summed E-state index contributed by atoms with van der Waals surface area (Å²) in [7, 11) is 0. The summed E-state index contributed by atoms with van der Waals surface area (Å²) in [5, 5.41) is 3.60. The number of hydrogen-bond acceptors (Lipinski definition) is 1. The third kappa shape index (κ3) is 3.47. The van der Waals surface area contributed by atoms with Crippen molar-refractivity contribution in [2.24, 2.45) is 0 Å². The lowest BCUT2D eigenvalue weighted by atomic mass is 10.1. The van der Waals surface area contributed by atoms with E-state index in [4.69, 9.17) is 11.6 Å². The Morgan fingerprint density at radius 1 is 1.40 bits per heavy atom. The van der Waals surface area contributed by atoms with E-state index in [0.29, 0.717) is 6.04 Å². The molecule has 2 atom stereocenters. The lowest BCUT2D eigenvalue weighted by Gasteiger charge is -2.19. The molecular weight excluding hydrogens is 213 g/mol. The second-order valence-corrected chi connectivity index (χ2v) is 4.28. The molecule has 1 unspecified atom stereocenters. The van der Waals surface area contributed by atoms with Crippen LogP contribution in [0.3, 0.4) is 0 Å². The quantitative estimate of drug-likeness (QED) is 0.825. The van der Waals surface area contributed by atoms with Crippen LogP contribution in [0.2, 0.25) is 5.02 Å². The zero-order valence-electron chi connectivity index (χ0n) is 9.35. The molecule has 0 aliphatic heterocycles. The zero-order valence-corrected chi connectivity index (χ0v) is 10.1. The van der Waals surface area contributed by atoms with Gasteiger partial charge >= 0.3 is 0 Å². The highest BCUT2D eigenvalue weighted by molar-refractivity contribution is 6.30. The molecule has 15 heavy (non-hydrogen) atoms. The minimum Gasteiger partial charge on any atom is -0.308 e. The van der Waals surface area contributed by atoms with Gasteiger partial charge in [-0.1, -0.05) is 24.6 Å². The van der Waals surface area contributed by atoms with Gasteiger partial charge in [0.2, 0.25) is 0 Å². The summed E-state index contributed by atoms with van der Waals surface area (Å²) >= 11 is 5.73. The molecule has 1 aromatic carbocycles. The van der Waals surface area contributed by atoms with E-state index in [0.717, 1.165) is 12.0 Å². The van der Waals surface area contributed by atoms with Crippen LogP contribution < -0.4 is 5.32 Å². The first-order valence-electron chi connectivity index (χ1n) is 5.25. The Hall–Kier alpha value is -0.600. The number of hydrogen-bond donors (Lipinski definition) is 1. The maximum absolute atomic E-state index is 12.9. The van der Waals surface area contributed by atoms with Crippen molar-refractivity contribution in [3.8, 4) is 0 Å². The molecule has 0 aromatic heterocycles. The molecule has 84 valence electrons. The van der Waals surface area contributed by atoms with Crippen molar-refractivity contribution >= 4 is 11.6 Å². The average Bonchev–Trinajstić information content (AvgIpc) is 2.21. The second-order valence-electron chi connectivity index (χ2n) is 3.87. The van der Waals surface area contributed by atoms with Gasteiger partial charge in [-0.3, -0.25) is 0 Å². The van der Waals surface area contributed by atoms with Gasteiger partial charge < -0.3 is 5.32 Å². The van der Waals surface area contributed by atoms with Gasteiger partial charge in [-0.25, -0.2) is 4.39 Å². The molecule has 1 N–H and O–H groups in total. The van der Waals surface area contributed by atoms with Crippen LogP contribution in [-0.2, 0) is 0 Å². The molecule has 0 aliphatic rings. The lowest BCUT2D eigenvalue weighted by molar-refractivity contribution is 0.469. The molecule has 0 radical (unpaired) electrons. The molecule has 0 spiro atoms. The summed E-state index contributed by atoms with van der Waals surface area (Å²) in [6, 6.07) is 5.49. The monoisotopic (exact) mass is 229 g/mol. The highest BCUT2D eigenvalue weighted by Crippen LogP contribution is 2.21. The molecule has 1 rings (SSSR count). The van der Waals surface area contributed by atoms with Crippen LogP contribution in [-0.4, -0.2) is 6.04 Å². The van der Waals surface area contributed by atoms with Crippen LogP contribution in [0, 0.1) is 5.82 Å². The van der Waals surface area contributed by atoms with Gasteiger partial charge in [0.1, 0.15) is 5.82 Å². The summed E-state index contributed by atoms with van der Waals surface area (Å²) < 4.78 is 12.9. The van der Waals surface area contributed by atoms with Gasteiger partial charge in [-0.15, -0.1) is 0 Å². The first-order chi connectivity index (χ1) is 7.04. The van der Waals surface area contributed by atoms with Crippen LogP contribution >= 0.6 is 11.6 Å². The molecule has 1 aromatic rings. The van der Waals surface area contributed by atoms with Crippen LogP contribution in [0.25, 0.3) is 0 Å². The Kier molecular flexibility index (Phi) is 4.55. The molecular formula is C12H17ClFN. The van der Waals surface area contributed by atoms with Gasteiger partial charge in [-0.05, 0) is 38.0 Å². The Labute approximate surface area is 95.6 Å². The third-order valence-electron chi connectivity index (χ3n) is 2.59. The highest BCUT2D eigenvalue weighted by Gasteiger charge is 2.09. The number of rotatable bonds is 4. The zero-order chi connectivity index (χ0) is 11.4. The largest absolute Gasteiger partial charge is 0.308 e. The molecule has 0 saturated carbocycles. The molecule has 0 heterocycles. The van der Waals surface area contributed by atoms with E-state index < -0.39 is 0 Å². The van der Waals surface area contributed by atoms with E-state index in [2.05, 4.69) is 26.1 Å². The predicted octanol–water partition coefficient (Wildman–Crippen LogP) is 3.93. The fourth-order valence-corrected chi connectivity index (χ4v) is 1.61. The van der Waals surface area contributed by atoms with Crippen molar-refractivity contribution < 1.29 is 4.39 Å². The van der Waals surface area contributed by atoms with Crippen molar-refractivity contribution in [2.45, 2.75) is 39.3 Å². The maximum Gasteiger partial charge on any atom is 0.141 e. The van der Waals surface area contributed by atoms with E-state index in [1.807, 2.05) is 0 Å². The molecule has 3 heteroatoms. The Balaban J connectivity index is 2.73. The Morgan fingerprint density at radius 3 is 2.60 bits per heavy atom. The normalized spacial score (nSPS) is 15.0.